The fraction of sp³-hybridized carbons (Fsp3) is 0.900. The lowest BCUT2D eigenvalue weighted by molar-refractivity contribution is -0.285. The zero-order chi connectivity index (χ0) is 11.3. The summed E-state index contributed by atoms with van der Waals surface area (Å²) in [6.45, 7) is 6.73. The second kappa shape index (κ2) is 3.09. The Labute approximate surface area is 89.0 Å². The molecule has 0 aromatic carbocycles. The normalized spacial score (nSPS) is 28.3. The summed E-state index contributed by atoms with van der Waals surface area (Å²) in [6, 6.07) is 0. The van der Waals surface area contributed by atoms with Gasteiger partial charge in [0.1, 0.15) is 17.3 Å². The number of aliphatic hydroxyl groups excluding tert-OH is 1. The molecule has 1 atom stereocenters. The maximum atomic E-state index is 11.5. The van der Waals surface area contributed by atoms with E-state index in [1.54, 1.807) is 4.90 Å². The van der Waals surface area contributed by atoms with E-state index in [9.17, 15) is 9.90 Å². The minimum absolute atomic E-state index is 0.337. The minimum atomic E-state index is -0.489. The number of hydrogen-bond donors (Lipinski definition) is 1. The molecule has 86 valence electrons. The molecule has 2 fully saturated rings. The molecule has 5 heteroatoms. The molecule has 2 aliphatic heterocycles. The third-order valence-electron chi connectivity index (χ3n) is 2.70. The van der Waals surface area contributed by atoms with Gasteiger partial charge in [-0.25, -0.2) is 4.79 Å². The van der Waals surface area contributed by atoms with Crippen molar-refractivity contribution in [3.8, 4) is 0 Å². The summed E-state index contributed by atoms with van der Waals surface area (Å²) in [5, 5.41) is 9.45. The molecule has 0 radical (unpaired) electrons. The van der Waals surface area contributed by atoms with Gasteiger partial charge in [0.15, 0.2) is 0 Å². The molecular weight excluding hydrogens is 198 g/mol. The smallest absolute Gasteiger partial charge is 0.410 e. The summed E-state index contributed by atoms with van der Waals surface area (Å²) < 4.78 is 10.5. The van der Waals surface area contributed by atoms with Crippen LogP contribution in [-0.2, 0) is 9.47 Å². The maximum absolute atomic E-state index is 11.5. The first-order valence-electron chi connectivity index (χ1n) is 5.12. The first kappa shape index (κ1) is 10.7. The van der Waals surface area contributed by atoms with Crippen molar-refractivity contribution in [2.24, 2.45) is 0 Å². The first-order chi connectivity index (χ1) is 6.82. The van der Waals surface area contributed by atoms with Crippen molar-refractivity contribution in [2.45, 2.75) is 38.1 Å². The Morgan fingerprint density at radius 2 is 2.13 bits per heavy atom. The van der Waals surface area contributed by atoms with Gasteiger partial charge in [0.05, 0.1) is 19.7 Å². The first-order valence-corrected chi connectivity index (χ1v) is 5.12. The largest absolute Gasteiger partial charge is 0.444 e. The van der Waals surface area contributed by atoms with Crippen LogP contribution in [0.25, 0.3) is 0 Å². The van der Waals surface area contributed by atoms with Crippen LogP contribution in [0.1, 0.15) is 20.8 Å². The summed E-state index contributed by atoms with van der Waals surface area (Å²) in [4.78, 5) is 13.1. The topological polar surface area (TPSA) is 59.0 Å². The Hall–Kier alpha value is -0.810. The quantitative estimate of drug-likeness (QED) is 0.634. The van der Waals surface area contributed by atoms with Gasteiger partial charge in [-0.3, -0.25) is 0 Å². The molecule has 1 N–H and O–H groups in total. The SMILES string of the molecule is CC(C)(C)OC(=O)N1CC2(C1)OCC2O. The Kier molecular flexibility index (Phi) is 2.20. The molecule has 0 aromatic heterocycles. The third-order valence-corrected chi connectivity index (χ3v) is 2.70. The molecule has 1 unspecified atom stereocenters. The van der Waals surface area contributed by atoms with E-state index in [1.165, 1.54) is 0 Å². The number of hydrogen-bond acceptors (Lipinski definition) is 4. The number of carbonyl (C=O) groups excluding carboxylic acids is 1. The van der Waals surface area contributed by atoms with Crippen molar-refractivity contribution in [3.05, 3.63) is 0 Å². The number of rotatable bonds is 0. The van der Waals surface area contributed by atoms with Crippen LogP contribution < -0.4 is 0 Å². The Morgan fingerprint density at radius 1 is 1.53 bits per heavy atom. The van der Waals surface area contributed by atoms with Crippen LogP contribution in [0.4, 0.5) is 4.79 Å². The number of amides is 1. The van der Waals surface area contributed by atoms with Crippen LogP contribution in [-0.4, -0.2) is 53.1 Å². The Morgan fingerprint density at radius 3 is 2.47 bits per heavy atom. The molecule has 5 nitrogen and oxygen atoms in total. The molecule has 0 saturated carbocycles. The lowest BCUT2D eigenvalue weighted by Gasteiger charge is -2.57. The number of carbonyl (C=O) groups is 1. The average molecular weight is 215 g/mol. The number of ether oxygens (including phenoxy) is 2. The lowest BCUT2D eigenvalue weighted by Crippen LogP contribution is -2.76. The van der Waals surface area contributed by atoms with Crippen LogP contribution in [0.5, 0.6) is 0 Å². The van der Waals surface area contributed by atoms with Gasteiger partial charge in [-0.05, 0) is 20.8 Å². The van der Waals surface area contributed by atoms with E-state index in [0.717, 1.165) is 0 Å². The Balaban J connectivity index is 1.82. The predicted molar refractivity (Wildman–Crippen MR) is 52.5 cm³/mol. The van der Waals surface area contributed by atoms with E-state index in [4.69, 9.17) is 9.47 Å². The summed E-state index contributed by atoms with van der Waals surface area (Å²) in [7, 11) is 0. The minimum Gasteiger partial charge on any atom is -0.444 e. The fourth-order valence-electron chi connectivity index (χ4n) is 1.75. The van der Waals surface area contributed by atoms with Crippen molar-refractivity contribution in [3.63, 3.8) is 0 Å². The highest BCUT2D eigenvalue weighted by molar-refractivity contribution is 5.69. The second-order valence-electron chi connectivity index (χ2n) is 5.23. The van der Waals surface area contributed by atoms with Crippen molar-refractivity contribution < 1.29 is 19.4 Å². The predicted octanol–water partition coefficient (Wildman–Crippen LogP) is 0.367. The van der Waals surface area contributed by atoms with Gasteiger partial charge in [0.25, 0.3) is 0 Å². The highest BCUT2D eigenvalue weighted by Gasteiger charge is 2.58. The molecule has 0 aromatic rings. The summed E-state index contributed by atoms with van der Waals surface area (Å²) in [5.41, 5.74) is -0.962. The number of aliphatic hydroxyl groups is 1. The van der Waals surface area contributed by atoms with Gasteiger partial charge >= 0.3 is 6.09 Å². The molecule has 1 spiro atoms. The third kappa shape index (κ3) is 1.81. The van der Waals surface area contributed by atoms with E-state index in [1.807, 2.05) is 20.8 Å². The summed E-state index contributed by atoms with van der Waals surface area (Å²) in [5.74, 6) is 0. The van der Waals surface area contributed by atoms with E-state index in [2.05, 4.69) is 0 Å². The van der Waals surface area contributed by atoms with Crippen molar-refractivity contribution >= 4 is 6.09 Å². The molecule has 2 saturated heterocycles. The van der Waals surface area contributed by atoms with Crippen molar-refractivity contribution in [1.29, 1.82) is 0 Å². The van der Waals surface area contributed by atoms with Gasteiger partial charge in [-0.15, -0.1) is 0 Å². The fourth-order valence-corrected chi connectivity index (χ4v) is 1.75. The van der Waals surface area contributed by atoms with Crippen LogP contribution in [0.2, 0.25) is 0 Å². The van der Waals surface area contributed by atoms with Crippen LogP contribution in [0.3, 0.4) is 0 Å². The van der Waals surface area contributed by atoms with E-state index >= 15 is 0 Å². The van der Waals surface area contributed by atoms with Gasteiger partial charge in [0, 0.05) is 0 Å². The molecule has 1 amide bonds. The second-order valence-corrected chi connectivity index (χ2v) is 5.23. The standard InChI is InChI=1S/C10H17NO4/c1-9(2,3)15-8(13)11-5-10(6-11)7(12)4-14-10/h7,12H,4-6H2,1-3H3. The lowest BCUT2D eigenvalue weighted by atomic mass is 9.84. The summed E-state index contributed by atoms with van der Waals surface area (Å²) in [6.07, 6.45) is -0.771. The molecule has 0 bridgehead atoms. The van der Waals surface area contributed by atoms with Gasteiger partial charge < -0.3 is 19.5 Å². The average Bonchev–Trinajstić information content (AvgIpc) is 1.95. The monoisotopic (exact) mass is 215 g/mol. The van der Waals surface area contributed by atoms with Crippen LogP contribution in [0.15, 0.2) is 0 Å². The van der Waals surface area contributed by atoms with E-state index in [0.29, 0.717) is 19.7 Å². The highest BCUT2D eigenvalue weighted by atomic mass is 16.6. The number of nitrogens with zero attached hydrogens (tertiary/aromatic N) is 1. The van der Waals surface area contributed by atoms with Crippen LogP contribution in [0, 0.1) is 0 Å². The molecule has 2 rings (SSSR count). The zero-order valence-corrected chi connectivity index (χ0v) is 9.32. The molecule has 15 heavy (non-hydrogen) atoms. The van der Waals surface area contributed by atoms with Gasteiger partial charge in [-0.2, -0.15) is 0 Å². The molecule has 2 heterocycles. The molecule has 0 aliphatic carbocycles. The Bertz CT molecular complexity index is 278. The van der Waals surface area contributed by atoms with E-state index < -0.39 is 17.3 Å². The molecule has 2 aliphatic rings. The number of likely N-dealkylation sites (tertiary alicyclic amines) is 1. The zero-order valence-electron chi connectivity index (χ0n) is 9.32. The summed E-state index contributed by atoms with van der Waals surface area (Å²) >= 11 is 0. The van der Waals surface area contributed by atoms with Crippen molar-refractivity contribution in [2.75, 3.05) is 19.7 Å². The van der Waals surface area contributed by atoms with E-state index in [-0.39, 0.29) is 6.09 Å². The maximum Gasteiger partial charge on any atom is 0.410 e. The van der Waals surface area contributed by atoms with Gasteiger partial charge in [0.2, 0.25) is 0 Å². The highest BCUT2D eigenvalue weighted by Crippen LogP contribution is 2.36. The van der Waals surface area contributed by atoms with Crippen LogP contribution >= 0.6 is 0 Å². The van der Waals surface area contributed by atoms with Gasteiger partial charge in [-0.1, -0.05) is 0 Å². The molecular formula is C10H17NO4. The van der Waals surface area contributed by atoms with Crippen molar-refractivity contribution in [1.82, 2.24) is 4.90 Å².